The summed E-state index contributed by atoms with van der Waals surface area (Å²) in [5, 5.41) is 18.9. The molecule has 0 bridgehead atoms. The number of ether oxygens (including phenoxy) is 1. The summed E-state index contributed by atoms with van der Waals surface area (Å²) in [6.07, 6.45) is 1.43. The van der Waals surface area contributed by atoms with Crippen LogP contribution in [-0.4, -0.2) is 22.6 Å². The molecule has 1 aromatic heterocycles. The third-order valence-electron chi connectivity index (χ3n) is 1.42. The van der Waals surface area contributed by atoms with E-state index in [-0.39, 0.29) is 22.2 Å². The molecule has 0 atom stereocenters. The fraction of sp³-hybridized carbons (Fsp3) is 0.125. The molecular weight excluding hydrogens is 222 g/mol. The minimum Gasteiger partial charge on any atom is -0.487 e. The highest BCUT2D eigenvalue weighted by atomic mass is 32.1. The first-order valence-corrected chi connectivity index (χ1v) is 4.63. The molecule has 1 N–H and O–H groups in total. The van der Waals surface area contributed by atoms with Gasteiger partial charge in [0.1, 0.15) is 6.61 Å². The van der Waals surface area contributed by atoms with Crippen LogP contribution in [0.3, 0.4) is 0 Å². The van der Waals surface area contributed by atoms with Gasteiger partial charge in [-0.15, -0.1) is 0 Å². The van der Waals surface area contributed by atoms with Crippen LogP contribution in [0.15, 0.2) is 18.7 Å². The van der Waals surface area contributed by atoms with Crippen molar-refractivity contribution in [2.45, 2.75) is 0 Å². The van der Waals surface area contributed by atoms with Gasteiger partial charge in [-0.25, -0.2) is 4.79 Å². The molecule has 0 fully saturated rings. The number of carbonyl (C=O) groups is 1. The normalized spacial score (nSPS) is 9.60. The molecule has 0 aromatic carbocycles. The van der Waals surface area contributed by atoms with Crippen molar-refractivity contribution in [3.63, 3.8) is 0 Å². The van der Waals surface area contributed by atoms with E-state index in [1.165, 1.54) is 6.08 Å². The summed E-state index contributed by atoms with van der Waals surface area (Å²) < 4.78 is 4.99. The minimum absolute atomic E-state index is 0.000833. The van der Waals surface area contributed by atoms with Crippen molar-refractivity contribution in [2.75, 3.05) is 6.61 Å². The van der Waals surface area contributed by atoms with E-state index in [4.69, 9.17) is 9.84 Å². The smallest absolute Gasteiger partial charge is 0.349 e. The van der Waals surface area contributed by atoms with Crippen LogP contribution in [0.1, 0.15) is 9.67 Å². The average Bonchev–Trinajstić information content (AvgIpc) is 2.58. The molecule has 0 spiro atoms. The molecule has 7 heteroatoms. The second-order valence-electron chi connectivity index (χ2n) is 2.44. The van der Waals surface area contributed by atoms with Crippen LogP contribution in [0.25, 0.3) is 0 Å². The Morgan fingerprint density at radius 3 is 2.93 bits per heavy atom. The summed E-state index contributed by atoms with van der Waals surface area (Å²) in [6, 6.07) is 1.09. The highest BCUT2D eigenvalue weighted by Gasteiger charge is 2.22. The number of aromatic carboxylic acids is 1. The maximum atomic E-state index is 10.7. The highest BCUT2D eigenvalue weighted by Crippen LogP contribution is 2.34. The lowest BCUT2D eigenvalue weighted by molar-refractivity contribution is -0.380. The molecule has 0 aliphatic heterocycles. The molecular formula is C8H7NO5S. The Labute approximate surface area is 88.6 Å². The predicted molar refractivity (Wildman–Crippen MR) is 53.6 cm³/mol. The zero-order valence-electron chi connectivity index (χ0n) is 7.50. The Bertz CT molecular complexity index is 411. The third-order valence-corrected chi connectivity index (χ3v) is 2.47. The molecule has 1 heterocycles. The summed E-state index contributed by atoms with van der Waals surface area (Å²) in [4.78, 5) is 20.3. The lowest BCUT2D eigenvalue weighted by Gasteiger charge is -1.99. The molecule has 1 aromatic rings. The topological polar surface area (TPSA) is 89.7 Å². The van der Waals surface area contributed by atoms with Crippen LogP contribution in [0, 0.1) is 10.1 Å². The van der Waals surface area contributed by atoms with Gasteiger partial charge in [-0.1, -0.05) is 24.0 Å². The van der Waals surface area contributed by atoms with E-state index in [1.807, 2.05) is 0 Å². The number of hydrogen-bond acceptors (Lipinski definition) is 5. The highest BCUT2D eigenvalue weighted by molar-refractivity contribution is 7.17. The summed E-state index contributed by atoms with van der Waals surface area (Å²) in [5.74, 6) is -1.24. The lowest BCUT2D eigenvalue weighted by atomic mass is 10.4. The van der Waals surface area contributed by atoms with Crippen molar-refractivity contribution in [3.05, 3.63) is 33.7 Å². The van der Waals surface area contributed by atoms with E-state index in [0.717, 1.165) is 6.07 Å². The second kappa shape index (κ2) is 4.56. The van der Waals surface area contributed by atoms with E-state index >= 15 is 0 Å². The first-order valence-electron chi connectivity index (χ1n) is 3.81. The Kier molecular flexibility index (Phi) is 3.40. The van der Waals surface area contributed by atoms with E-state index in [2.05, 4.69) is 6.58 Å². The van der Waals surface area contributed by atoms with Crippen molar-refractivity contribution in [1.82, 2.24) is 0 Å². The van der Waals surface area contributed by atoms with Gasteiger partial charge in [0.05, 0.1) is 11.0 Å². The number of nitrogens with zero attached hydrogens (tertiary/aromatic N) is 1. The van der Waals surface area contributed by atoms with Gasteiger partial charge in [-0.2, -0.15) is 0 Å². The van der Waals surface area contributed by atoms with Crippen molar-refractivity contribution in [2.24, 2.45) is 0 Å². The van der Waals surface area contributed by atoms with Gasteiger partial charge in [-0.3, -0.25) is 10.1 Å². The SMILES string of the molecule is C=CCOc1cc([N+](=O)[O-])sc1C(=O)O. The van der Waals surface area contributed by atoms with Crippen molar-refractivity contribution in [1.29, 1.82) is 0 Å². The summed E-state index contributed by atoms with van der Waals surface area (Å²) in [6.45, 7) is 3.49. The third kappa shape index (κ3) is 2.53. The van der Waals surface area contributed by atoms with Gasteiger partial charge < -0.3 is 9.84 Å². The molecule has 0 saturated heterocycles. The maximum Gasteiger partial charge on any atom is 0.349 e. The predicted octanol–water partition coefficient (Wildman–Crippen LogP) is 1.92. The summed E-state index contributed by atoms with van der Waals surface area (Å²) in [7, 11) is 0. The Hall–Kier alpha value is -1.89. The number of nitro groups is 1. The Morgan fingerprint density at radius 1 is 1.80 bits per heavy atom. The van der Waals surface area contributed by atoms with Crippen LogP contribution >= 0.6 is 11.3 Å². The van der Waals surface area contributed by atoms with Crippen LogP contribution in [0.2, 0.25) is 0 Å². The lowest BCUT2D eigenvalue weighted by Crippen LogP contribution is -1.98. The van der Waals surface area contributed by atoms with Gasteiger partial charge in [0.15, 0.2) is 10.6 Å². The molecule has 0 aliphatic carbocycles. The largest absolute Gasteiger partial charge is 0.487 e. The molecule has 0 saturated carbocycles. The quantitative estimate of drug-likeness (QED) is 0.473. The second-order valence-corrected chi connectivity index (χ2v) is 3.47. The standard InChI is InChI=1S/C8H7NO5S/c1-2-3-14-5-4-6(9(12)13)15-7(5)8(10)11/h2,4H,1,3H2,(H,10,11). The van der Waals surface area contributed by atoms with Gasteiger partial charge in [0, 0.05) is 0 Å². The fourth-order valence-corrected chi connectivity index (χ4v) is 1.61. The molecule has 0 unspecified atom stereocenters. The number of thiophene rings is 1. The van der Waals surface area contributed by atoms with Crippen LogP contribution in [0.5, 0.6) is 5.75 Å². The maximum absolute atomic E-state index is 10.7. The first kappa shape index (κ1) is 11.2. The van der Waals surface area contributed by atoms with E-state index < -0.39 is 10.9 Å². The van der Waals surface area contributed by atoms with E-state index in [1.54, 1.807) is 0 Å². The molecule has 0 radical (unpaired) electrons. The van der Waals surface area contributed by atoms with Gasteiger partial charge in [0.25, 0.3) is 0 Å². The fourth-order valence-electron chi connectivity index (χ4n) is 0.857. The van der Waals surface area contributed by atoms with Gasteiger partial charge in [-0.05, 0) is 0 Å². The van der Waals surface area contributed by atoms with E-state index in [9.17, 15) is 14.9 Å². The Morgan fingerprint density at radius 2 is 2.47 bits per heavy atom. The number of carboxylic acid groups (broad SMARTS) is 1. The zero-order valence-corrected chi connectivity index (χ0v) is 8.32. The summed E-state index contributed by atoms with van der Waals surface area (Å²) >= 11 is 0.568. The molecule has 6 nitrogen and oxygen atoms in total. The molecule has 80 valence electrons. The van der Waals surface area contributed by atoms with Crippen molar-refractivity contribution in [3.8, 4) is 5.75 Å². The van der Waals surface area contributed by atoms with Crippen molar-refractivity contribution >= 4 is 22.3 Å². The Balaban J connectivity index is 3.05. The van der Waals surface area contributed by atoms with Crippen LogP contribution in [0.4, 0.5) is 5.00 Å². The molecule has 15 heavy (non-hydrogen) atoms. The zero-order chi connectivity index (χ0) is 11.4. The van der Waals surface area contributed by atoms with Crippen LogP contribution < -0.4 is 4.74 Å². The minimum atomic E-state index is -1.24. The van der Waals surface area contributed by atoms with E-state index in [0.29, 0.717) is 11.3 Å². The van der Waals surface area contributed by atoms with Gasteiger partial charge in [0.2, 0.25) is 0 Å². The average molecular weight is 229 g/mol. The number of carboxylic acids is 1. The number of hydrogen-bond donors (Lipinski definition) is 1. The molecule has 0 amide bonds. The first-order chi connectivity index (χ1) is 7.06. The van der Waals surface area contributed by atoms with Crippen LogP contribution in [-0.2, 0) is 0 Å². The molecule has 0 aliphatic rings. The summed E-state index contributed by atoms with van der Waals surface area (Å²) in [5.41, 5.74) is 0. The monoisotopic (exact) mass is 229 g/mol. The molecule has 1 rings (SSSR count). The van der Waals surface area contributed by atoms with Gasteiger partial charge >= 0.3 is 11.0 Å². The van der Waals surface area contributed by atoms with Crippen molar-refractivity contribution < 1.29 is 19.6 Å². The number of rotatable bonds is 5.